The first-order valence-corrected chi connectivity index (χ1v) is 6.55. The number of para-hydroxylation sites is 1. The third kappa shape index (κ3) is 2.17. The number of carbonyl (C=O) groups excluding carboxylic acids is 1. The number of hydrogen-bond acceptors (Lipinski definition) is 4. The van der Waals surface area contributed by atoms with Gasteiger partial charge in [0.25, 0.3) is 5.91 Å². The third-order valence-electron chi connectivity index (χ3n) is 3.65. The zero-order chi connectivity index (χ0) is 14.9. The molecule has 5 nitrogen and oxygen atoms in total. The maximum absolute atomic E-state index is 12.1. The first-order valence-electron chi connectivity index (χ1n) is 6.55. The molecule has 0 bridgehead atoms. The van der Waals surface area contributed by atoms with Gasteiger partial charge in [-0.05, 0) is 11.6 Å². The fourth-order valence-electron chi connectivity index (χ4n) is 2.54. The summed E-state index contributed by atoms with van der Waals surface area (Å²) in [5.74, 6) is -0.513. The van der Waals surface area contributed by atoms with Gasteiger partial charge in [0.05, 0.1) is 5.71 Å². The zero-order valence-corrected chi connectivity index (χ0v) is 11.2. The Hall–Kier alpha value is -2.66. The second kappa shape index (κ2) is 5.03. The molecule has 2 aromatic rings. The van der Waals surface area contributed by atoms with Crippen LogP contribution < -0.4 is 5.32 Å². The molecule has 0 radical (unpaired) electrons. The maximum atomic E-state index is 12.1. The van der Waals surface area contributed by atoms with Gasteiger partial charge >= 0.3 is 0 Å². The number of nitrogens with one attached hydrogen (secondary N) is 1. The number of carbonyl (C=O) groups is 1. The van der Waals surface area contributed by atoms with Gasteiger partial charge < -0.3 is 15.6 Å². The summed E-state index contributed by atoms with van der Waals surface area (Å²) in [4.78, 5) is 12.1. The summed E-state index contributed by atoms with van der Waals surface area (Å²) in [6.45, 7) is 0. The van der Waals surface area contributed by atoms with Crippen LogP contribution in [0.4, 0.5) is 5.69 Å². The van der Waals surface area contributed by atoms with Crippen molar-refractivity contribution in [2.75, 3.05) is 5.32 Å². The molecule has 0 spiro atoms. The van der Waals surface area contributed by atoms with Crippen molar-refractivity contribution >= 4 is 17.3 Å². The molecule has 0 aromatic heterocycles. The third-order valence-corrected chi connectivity index (χ3v) is 3.65. The highest BCUT2D eigenvalue weighted by atomic mass is 16.4. The molecule has 1 atom stereocenters. The number of fused-ring (bicyclic) bond motifs is 1. The van der Waals surface area contributed by atoms with E-state index in [1.807, 2.05) is 6.07 Å². The Morgan fingerprint density at radius 1 is 1.10 bits per heavy atom. The van der Waals surface area contributed by atoms with Crippen molar-refractivity contribution < 1.29 is 15.1 Å². The van der Waals surface area contributed by atoms with E-state index in [1.54, 1.807) is 48.5 Å². The summed E-state index contributed by atoms with van der Waals surface area (Å²) >= 11 is 0. The largest absolute Gasteiger partial charge is 0.411 e. The molecular weight excluding hydrogens is 268 g/mol. The number of aliphatic hydroxyl groups is 1. The van der Waals surface area contributed by atoms with E-state index in [0.29, 0.717) is 16.8 Å². The molecule has 0 aliphatic carbocycles. The number of anilines is 1. The fourth-order valence-corrected chi connectivity index (χ4v) is 2.54. The van der Waals surface area contributed by atoms with Crippen molar-refractivity contribution in [1.82, 2.24) is 0 Å². The lowest BCUT2D eigenvalue weighted by molar-refractivity contribution is -0.132. The van der Waals surface area contributed by atoms with Crippen LogP contribution in [0.5, 0.6) is 0 Å². The number of amides is 1. The topological polar surface area (TPSA) is 81.9 Å². The maximum Gasteiger partial charge on any atom is 0.261 e. The second-order valence-electron chi connectivity index (χ2n) is 4.95. The average molecular weight is 282 g/mol. The molecule has 0 saturated heterocycles. The number of hydrogen-bond donors (Lipinski definition) is 3. The minimum atomic E-state index is -1.73. The van der Waals surface area contributed by atoms with E-state index in [0.717, 1.165) is 0 Å². The van der Waals surface area contributed by atoms with E-state index in [4.69, 9.17) is 0 Å². The van der Waals surface area contributed by atoms with Crippen molar-refractivity contribution in [3.8, 4) is 0 Å². The van der Waals surface area contributed by atoms with Gasteiger partial charge in [-0.2, -0.15) is 0 Å². The number of benzene rings is 2. The van der Waals surface area contributed by atoms with Crippen LogP contribution in [0.3, 0.4) is 0 Å². The zero-order valence-electron chi connectivity index (χ0n) is 11.2. The Morgan fingerprint density at radius 2 is 1.76 bits per heavy atom. The minimum Gasteiger partial charge on any atom is -0.411 e. The van der Waals surface area contributed by atoms with Gasteiger partial charge in [-0.1, -0.05) is 53.7 Å². The number of nitrogens with zero attached hydrogens (tertiary/aromatic N) is 1. The van der Waals surface area contributed by atoms with Crippen LogP contribution in [0.15, 0.2) is 59.8 Å². The Bertz CT molecular complexity index is 712. The van der Waals surface area contributed by atoms with Gasteiger partial charge in [0, 0.05) is 17.7 Å². The molecule has 106 valence electrons. The first-order chi connectivity index (χ1) is 10.1. The van der Waals surface area contributed by atoms with Crippen LogP contribution in [0.25, 0.3) is 0 Å². The average Bonchev–Trinajstić information content (AvgIpc) is 2.78. The van der Waals surface area contributed by atoms with E-state index in [9.17, 15) is 15.1 Å². The Labute approximate surface area is 121 Å². The summed E-state index contributed by atoms with van der Waals surface area (Å²) in [7, 11) is 0. The van der Waals surface area contributed by atoms with E-state index >= 15 is 0 Å². The lowest BCUT2D eigenvalue weighted by Crippen LogP contribution is -2.36. The Kier molecular flexibility index (Phi) is 3.19. The van der Waals surface area contributed by atoms with E-state index in [-0.39, 0.29) is 12.1 Å². The summed E-state index contributed by atoms with van der Waals surface area (Å²) in [5, 5.41) is 25.9. The molecular formula is C16H14N2O3. The van der Waals surface area contributed by atoms with E-state index < -0.39 is 11.5 Å². The highest BCUT2D eigenvalue weighted by molar-refractivity contribution is 6.10. The highest BCUT2D eigenvalue weighted by Crippen LogP contribution is 2.38. The van der Waals surface area contributed by atoms with Gasteiger partial charge in [-0.3, -0.25) is 4.79 Å². The molecule has 21 heavy (non-hydrogen) atoms. The lowest BCUT2D eigenvalue weighted by atomic mass is 9.88. The highest BCUT2D eigenvalue weighted by Gasteiger charge is 2.46. The molecule has 1 unspecified atom stereocenters. The van der Waals surface area contributed by atoms with Gasteiger partial charge in [0.15, 0.2) is 5.60 Å². The first kappa shape index (κ1) is 13.3. The summed E-state index contributed by atoms with van der Waals surface area (Å²) in [6.07, 6.45) is -0.101. The molecule has 0 fully saturated rings. The molecule has 5 heteroatoms. The molecule has 3 N–H and O–H groups in total. The molecule has 3 rings (SSSR count). The Morgan fingerprint density at radius 3 is 2.48 bits per heavy atom. The van der Waals surface area contributed by atoms with Crippen LogP contribution in [0.1, 0.15) is 17.5 Å². The SMILES string of the molecule is O=C1Nc2ccccc2C1(O)C/C(=N\O)c1ccccc1. The van der Waals surface area contributed by atoms with Crippen LogP contribution in [0, 0.1) is 0 Å². The fraction of sp³-hybridized carbons (Fsp3) is 0.125. The van der Waals surface area contributed by atoms with Crippen molar-refractivity contribution in [1.29, 1.82) is 0 Å². The predicted molar refractivity (Wildman–Crippen MR) is 78.4 cm³/mol. The Balaban J connectivity index is 1.99. The van der Waals surface area contributed by atoms with Crippen LogP contribution in [0.2, 0.25) is 0 Å². The van der Waals surface area contributed by atoms with Gasteiger partial charge in [0.1, 0.15) is 0 Å². The van der Waals surface area contributed by atoms with Crippen molar-refractivity contribution in [3.63, 3.8) is 0 Å². The van der Waals surface area contributed by atoms with Crippen LogP contribution in [-0.2, 0) is 10.4 Å². The van der Waals surface area contributed by atoms with Gasteiger partial charge in [0.2, 0.25) is 0 Å². The molecule has 1 aliphatic rings. The smallest absolute Gasteiger partial charge is 0.261 e. The van der Waals surface area contributed by atoms with E-state index in [2.05, 4.69) is 10.5 Å². The predicted octanol–water partition coefficient (Wildman–Crippen LogP) is 2.09. The lowest BCUT2D eigenvalue weighted by Gasteiger charge is -2.21. The molecule has 1 amide bonds. The molecule has 1 aliphatic heterocycles. The normalized spacial score (nSPS) is 21.0. The molecule has 0 saturated carbocycles. The quantitative estimate of drug-likeness (QED) is 0.458. The second-order valence-corrected chi connectivity index (χ2v) is 4.95. The summed E-state index contributed by atoms with van der Waals surface area (Å²) in [6, 6.07) is 15.9. The number of oxime groups is 1. The molecule has 2 aromatic carbocycles. The van der Waals surface area contributed by atoms with Crippen molar-refractivity contribution in [3.05, 3.63) is 65.7 Å². The van der Waals surface area contributed by atoms with Crippen molar-refractivity contribution in [2.24, 2.45) is 5.16 Å². The number of rotatable bonds is 3. The van der Waals surface area contributed by atoms with Gasteiger partial charge in [-0.15, -0.1) is 0 Å². The van der Waals surface area contributed by atoms with Crippen LogP contribution >= 0.6 is 0 Å². The van der Waals surface area contributed by atoms with Gasteiger partial charge in [-0.25, -0.2) is 0 Å². The summed E-state index contributed by atoms with van der Waals surface area (Å²) in [5.41, 5.74) is 0.256. The van der Waals surface area contributed by atoms with E-state index in [1.165, 1.54) is 0 Å². The summed E-state index contributed by atoms with van der Waals surface area (Å²) < 4.78 is 0. The monoisotopic (exact) mass is 282 g/mol. The standard InChI is InChI=1S/C16H14N2O3/c19-15-16(20,12-8-4-5-9-13(12)17-15)10-14(18-21)11-6-2-1-3-7-11/h1-9,20-21H,10H2,(H,17,19)/b18-14+. The molecule has 1 heterocycles. The van der Waals surface area contributed by atoms with Crippen LogP contribution in [-0.4, -0.2) is 21.9 Å². The van der Waals surface area contributed by atoms with Crippen molar-refractivity contribution in [2.45, 2.75) is 12.0 Å². The minimum absolute atomic E-state index is 0.101.